The Kier molecular flexibility index (Phi) is 9.62. The summed E-state index contributed by atoms with van der Waals surface area (Å²) in [5.41, 5.74) is 15.4. The van der Waals surface area contributed by atoms with Gasteiger partial charge in [0.25, 0.3) is 0 Å². The number of furan rings is 4. The van der Waals surface area contributed by atoms with Crippen LogP contribution >= 0.6 is 0 Å². The number of nitrogens with zero attached hydrogens (tertiary/aromatic N) is 2. The van der Waals surface area contributed by atoms with E-state index in [0.717, 1.165) is 133 Å². The highest BCUT2D eigenvalue weighted by Crippen LogP contribution is 2.46. The van der Waals surface area contributed by atoms with Crippen molar-refractivity contribution in [1.29, 1.82) is 0 Å². The van der Waals surface area contributed by atoms with E-state index in [2.05, 4.69) is 256 Å². The number of hydrogen-bond donors (Lipinski definition) is 0. The Morgan fingerprint density at radius 1 is 0.244 bits per heavy atom. The number of fused-ring (bicyclic) bond motifs is 17. The molecule has 4 heterocycles. The van der Waals surface area contributed by atoms with Gasteiger partial charge in [0.15, 0.2) is 0 Å². The number of rotatable bonds is 8. The summed E-state index contributed by atoms with van der Waals surface area (Å²) in [5.74, 6) is 0.834. The Hall–Kier alpha value is -9.78. The Morgan fingerprint density at radius 2 is 0.577 bits per heavy atom. The molecule has 0 aliphatic carbocycles. The van der Waals surface area contributed by atoms with E-state index in [4.69, 9.17) is 17.7 Å². The molecule has 0 amide bonds. The van der Waals surface area contributed by atoms with Gasteiger partial charge in [-0.05, 0) is 164 Å². The van der Waals surface area contributed by atoms with Crippen LogP contribution < -0.4 is 9.80 Å². The lowest BCUT2D eigenvalue weighted by molar-refractivity contribution is 0.668. The molecule has 372 valence electrons. The third-order valence-corrected chi connectivity index (χ3v) is 16.3. The monoisotopic (exact) mass is 1010 g/mol. The van der Waals surface area contributed by atoms with E-state index in [1.165, 1.54) is 32.7 Å². The molecule has 6 heteroatoms. The first-order chi connectivity index (χ1) is 38.2. The van der Waals surface area contributed by atoms with E-state index in [1.807, 2.05) is 0 Å². The van der Waals surface area contributed by atoms with Crippen LogP contribution in [0.2, 0.25) is 0 Å². The lowest BCUT2D eigenvalue weighted by Gasteiger charge is -2.26. The lowest BCUT2D eigenvalue weighted by Crippen LogP contribution is -2.10. The summed E-state index contributed by atoms with van der Waals surface area (Å²) in [7, 11) is 0. The smallest absolute Gasteiger partial charge is 0.137 e. The molecule has 0 atom stereocenters. The summed E-state index contributed by atoms with van der Waals surface area (Å²) in [6.45, 7) is 8.92. The minimum absolute atomic E-state index is 0.417. The van der Waals surface area contributed by atoms with Gasteiger partial charge in [0.05, 0.1) is 0 Å². The van der Waals surface area contributed by atoms with Crippen molar-refractivity contribution < 1.29 is 17.7 Å². The van der Waals surface area contributed by atoms with Gasteiger partial charge in [-0.25, -0.2) is 0 Å². The number of benzene rings is 12. The summed E-state index contributed by atoms with van der Waals surface area (Å²) in [4.78, 5) is 4.59. The molecule has 0 spiro atoms. The summed E-state index contributed by atoms with van der Waals surface area (Å²) < 4.78 is 26.9. The van der Waals surface area contributed by atoms with Crippen LogP contribution in [0.1, 0.15) is 50.7 Å². The quantitative estimate of drug-likeness (QED) is 0.151. The molecule has 0 saturated heterocycles. The first-order valence-corrected chi connectivity index (χ1v) is 27.0. The van der Waals surface area contributed by atoms with Crippen LogP contribution in [-0.4, -0.2) is 0 Å². The van der Waals surface area contributed by atoms with Crippen molar-refractivity contribution in [3.8, 4) is 0 Å². The van der Waals surface area contributed by atoms with Gasteiger partial charge in [0, 0.05) is 101 Å². The van der Waals surface area contributed by atoms with Crippen LogP contribution in [-0.2, 0) is 0 Å². The molecule has 0 saturated carbocycles. The van der Waals surface area contributed by atoms with Gasteiger partial charge in [-0.1, -0.05) is 113 Å². The summed E-state index contributed by atoms with van der Waals surface area (Å²) in [5, 5.41) is 15.6. The van der Waals surface area contributed by atoms with E-state index < -0.39 is 0 Å². The van der Waals surface area contributed by atoms with Crippen molar-refractivity contribution in [1.82, 2.24) is 0 Å². The van der Waals surface area contributed by atoms with Crippen molar-refractivity contribution in [3.63, 3.8) is 0 Å². The summed E-state index contributed by atoms with van der Waals surface area (Å²) in [6, 6.07) is 78.4. The van der Waals surface area contributed by atoms with E-state index in [9.17, 15) is 0 Å². The average molecular weight is 1010 g/mol. The molecule has 16 rings (SSSR count). The normalized spacial score (nSPS) is 12.3. The predicted molar refractivity (Wildman–Crippen MR) is 326 cm³/mol. The van der Waals surface area contributed by atoms with Gasteiger partial charge in [0.1, 0.15) is 44.7 Å². The van der Waals surface area contributed by atoms with Crippen LogP contribution in [0.4, 0.5) is 34.1 Å². The van der Waals surface area contributed by atoms with Crippen molar-refractivity contribution in [2.45, 2.75) is 39.5 Å². The topological polar surface area (TPSA) is 59.0 Å². The molecule has 0 aliphatic rings. The van der Waals surface area contributed by atoms with Gasteiger partial charge in [-0.3, -0.25) is 0 Å². The second-order valence-electron chi connectivity index (χ2n) is 21.7. The fourth-order valence-corrected chi connectivity index (χ4v) is 12.3. The highest BCUT2D eigenvalue weighted by atomic mass is 16.3. The molecule has 0 fully saturated rings. The molecule has 4 aromatic heterocycles. The molecule has 78 heavy (non-hydrogen) atoms. The predicted octanol–water partition coefficient (Wildman–Crippen LogP) is 21.9. The van der Waals surface area contributed by atoms with E-state index in [1.54, 1.807) is 0 Å². The molecule has 0 bridgehead atoms. The zero-order chi connectivity index (χ0) is 51.9. The molecule has 12 aromatic carbocycles. The fraction of sp³-hybridized carbons (Fsp3) is 0.0833. The van der Waals surface area contributed by atoms with Crippen LogP contribution in [0.25, 0.3) is 120 Å². The lowest BCUT2D eigenvalue weighted by atomic mass is 10.0. The Labute approximate surface area is 448 Å². The van der Waals surface area contributed by atoms with Gasteiger partial charge < -0.3 is 27.5 Å². The highest BCUT2D eigenvalue weighted by Gasteiger charge is 2.22. The maximum Gasteiger partial charge on any atom is 0.137 e. The first kappa shape index (κ1) is 44.5. The Balaban J connectivity index is 0.785. The second kappa shape index (κ2) is 16.9. The van der Waals surface area contributed by atoms with Crippen molar-refractivity contribution in [2.24, 2.45) is 0 Å². The SMILES string of the molecule is CC(C)c1ccc(N(c2ccc3c(c2)oc2cc4cc5c(cc4cc23)oc2cc(N(c3ccc(C(C)C)cc3)c3ccc4c(c3)oc3ccc6ccccc6c34)ccc25)c2ccc3c(c2)oc2ccc4ccccc4c23)cc1. The summed E-state index contributed by atoms with van der Waals surface area (Å²) >= 11 is 0. The molecular formula is C72H50N2O4. The highest BCUT2D eigenvalue weighted by molar-refractivity contribution is 6.21. The van der Waals surface area contributed by atoms with Crippen molar-refractivity contribution in [3.05, 3.63) is 230 Å². The zero-order valence-corrected chi connectivity index (χ0v) is 43.5. The molecule has 0 radical (unpaired) electrons. The third kappa shape index (κ3) is 6.89. The zero-order valence-electron chi connectivity index (χ0n) is 43.5. The van der Waals surface area contributed by atoms with E-state index >= 15 is 0 Å². The van der Waals surface area contributed by atoms with E-state index in [-0.39, 0.29) is 0 Å². The molecule has 0 N–H and O–H groups in total. The number of hydrogen-bond acceptors (Lipinski definition) is 6. The molecule has 6 nitrogen and oxygen atoms in total. The molecule has 0 aliphatic heterocycles. The largest absolute Gasteiger partial charge is 0.456 e. The van der Waals surface area contributed by atoms with Gasteiger partial charge >= 0.3 is 0 Å². The van der Waals surface area contributed by atoms with Crippen molar-refractivity contribution in [2.75, 3.05) is 9.80 Å². The van der Waals surface area contributed by atoms with Crippen LogP contribution in [0.3, 0.4) is 0 Å². The molecule has 16 aromatic rings. The van der Waals surface area contributed by atoms with Gasteiger partial charge in [-0.15, -0.1) is 0 Å². The average Bonchev–Trinajstić information content (AvgIpc) is 4.35. The molecular weight excluding hydrogens is 957 g/mol. The van der Waals surface area contributed by atoms with Crippen molar-refractivity contribution >= 4 is 154 Å². The van der Waals surface area contributed by atoms with Gasteiger partial charge in [0.2, 0.25) is 0 Å². The fourth-order valence-electron chi connectivity index (χ4n) is 12.3. The maximum atomic E-state index is 6.83. The van der Waals surface area contributed by atoms with Crippen LogP contribution in [0.5, 0.6) is 0 Å². The van der Waals surface area contributed by atoms with Crippen LogP contribution in [0.15, 0.2) is 236 Å². The Morgan fingerprint density at radius 3 is 0.974 bits per heavy atom. The summed E-state index contributed by atoms with van der Waals surface area (Å²) in [6.07, 6.45) is 0. The minimum Gasteiger partial charge on any atom is -0.456 e. The number of anilines is 6. The maximum absolute atomic E-state index is 6.83. The minimum atomic E-state index is 0.417. The van der Waals surface area contributed by atoms with Gasteiger partial charge in [-0.2, -0.15) is 0 Å². The standard InChI is InChI=1S/C72H50N2O4/c1-41(2)43-13-19-49(20-14-43)73(53-25-29-59-69(39-53)75-63-31-17-45-9-5-7-11-55(45)71(59)63)51-23-27-57-61-33-47-36-66-62(34-48(47)35-65(61)77-67(57)37-51)58-28-24-52(38-68(58)78-66)74(50-21-15-44(16-22-50)42(3)4)54-26-30-60-70(40-54)76-64-32-18-46-10-6-8-12-56(46)72(60)64/h5-42H,1-4H3. The Bertz CT molecular complexity index is 4790. The molecule has 0 unspecified atom stereocenters. The van der Waals surface area contributed by atoms with E-state index in [0.29, 0.717) is 11.8 Å². The first-order valence-electron chi connectivity index (χ1n) is 27.0. The second-order valence-corrected chi connectivity index (χ2v) is 21.7. The van der Waals surface area contributed by atoms with Crippen LogP contribution in [0, 0.1) is 0 Å². The third-order valence-electron chi connectivity index (χ3n) is 16.3.